The number of nitrogen functional groups attached to an aromatic ring is 1. The molecule has 0 spiro atoms. The number of anilines is 1. The average Bonchev–Trinajstić information content (AvgIpc) is 2.36. The quantitative estimate of drug-likeness (QED) is 0.844. The van der Waals surface area contributed by atoms with Crippen molar-refractivity contribution in [3.63, 3.8) is 0 Å². The van der Waals surface area contributed by atoms with Gasteiger partial charge in [-0.3, -0.25) is 0 Å². The van der Waals surface area contributed by atoms with Gasteiger partial charge in [0.05, 0.1) is 12.8 Å². The summed E-state index contributed by atoms with van der Waals surface area (Å²) >= 11 is 0. The van der Waals surface area contributed by atoms with Gasteiger partial charge in [-0.1, -0.05) is 0 Å². The van der Waals surface area contributed by atoms with Crippen molar-refractivity contribution in [2.24, 2.45) is 0 Å². The number of ether oxygens (including phenoxy) is 2. The van der Waals surface area contributed by atoms with Gasteiger partial charge in [0.15, 0.2) is 5.75 Å². The Morgan fingerprint density at radius 3 is 2.44 bits per heavy atom. The highest BCUT2D eigenvalue weighted by atomic mass is 19.1. The van der Waals surface area contributed by atoms with Crippen molar-refractivity contribution in [3.8, 4) is 17.2 Å². The molecule has 0 bridgehead atoms. The van der Waals surface area contributed by atoms with E-state index in [1.807, 2.05) is 0 Å². The molecule has 0 saturated carbocycles. The Hall–Kier alpha value is -2.23. The van der Waals surface area contributed by atoms with Gasteiger partial charge in [0.2, 0.25) is 0 Å². The summed E-state index contributed by atoms with van der Waals surface area (Å²) in [6.45, 7) is 1.68. The molecule has 2 aromatic rings. The summed E-state index contributed by atoms with van der Waals surface area (Å²) in [5, 5.41) is 0. The predicted octanol–water partition coefficient (Wildman–Crippen LogP) is 3.52. The Balaban J connectivity index is 2.30. The normalized spacial score (nSPS) is 10.2. The van der Waals surface area contributed by atoms with Crippen LogP contribution in [0.15, 0.2) is 36.4 Å². The second kappa shape index (κ2) is 4.96. The van der Waals surface area contributed by atoms with Crippen LogP contribution in [0.1, 0.15) is 5.56 Å². The van der Waals surface area contributed by atoms with E-state index in [9.17, 15) is 4.39 Å². The number of methoxy groups -OCH3 is 1. The molecule has 0 amide bonds. The van der Waals surface area contributed by atoms with Crippen LogP contribution in [0.2, 0.25) is 0 Å². The van der Waals surface area contributed by atoms with Crippen molar-refractivity contribution in [1.29, 1.82) is 0 Å². The van der Waals surface area contributed by atoms with E-state index in [0.717, 1.165) is 0 Å². The lowest BCUT2D eigenvalue weighted by molar-refractivity contribution is 0.409. The lowest BCUT2D eigenvalue weighted by Crippen LogP contribution is -1.94. The second-order valence-electron chi connectivity index (χ2n) is 3.92. The first-order chi connectivity index (χ1) is 8.60. The van der Waals surface area contributed by atoms with E-state index in [1.165, 1.54) is 6.07 Å². The molecule has 0 aliphatic rings. The molecule has 94 valence electrons. The number of hydrogen-bond acceptors (Lipinski definition) is 3. The first-order valence-electron chi connectivity index (χ1n) is 5.47. The molecule has 0 aliphatic carbocycles. The molecule has 2 N–H and O–H groups in total. The summed E-state index contributed by atoms with van der Waals surface area (Å²) in [4.78, 5) is 0. The maximum absolute atomic E-state index is 13.1. The summed E-state index contributed by atoms with van der Waals surface area (Å²) in [7, 11) is 1.57. The van der Waals surface area contributed by atoms with Crippen LogP contribution in [0.3, 0.4) is 0 Å². The largest absolute Gasteiger partial charge is 0.497 e. The topological polar surface area (TPSA) is 44.5 Å². The van der Waals surface area contributed by atoms with Crippen LogP contribution in [0.4, 0.5) is 10.1 Å². The Morgan fingerprint density at radius 2 is 1.78 bits per heavy atom. The van der Waals surface area contributed by atoms with Gasteiger partial charge in [-0.05, 0) is 42.8 Å². The van der Waals surface area contributed by atoms with E-state index >= 15 is 0 Å². The molecule has 18 heavy (non-hydrogen) atoms. The van der Waals surface area contributed by atoms with E-state index in [0.29, 0.717) is 28.5 Å². The van der Waals surface area contributed by atoms with Crippen LogP contribution in [0.5, 0.6) is 17.2 Å². The van der Waals surface area contributed by atoms with Crippen molar-refractivity contribution in [2.75, 3.05) is 12.8 Å². The van der Waals surface area contributed by atoms with Gasteiger partial charge in [0.25, 0.3) is 0 Å². The minimum Gasteiger partial charge on any atom is -0.497 e. The summed E-state index contributed by atoms with van der Waals surface area (Å²) in [6.07, 6.45) is 0. The molecule has 0 atom stereocenters. The second-order valence-corrected chi connectivity index (χ2v) is 3.92. The molecule has 4 heteroatoms. The third kappa shape index (κ3) is 2.53. The number of rotatable bonds is 3. The van der Waals surface area contributed by atoms with E-state index in [-0.39, 0.29) is 5.82 Å². The summed E-state index contributed by atoms with van der Waals surface area (Å²) < 4.78 is 23.8. The van der Waals surface area contributed by atoms with Crippen LogP contribution in [-0.2, 0) is 0 Å². The van der Waals surface area contributed by atoms with E-state index in [1.54, 1.807) is 44.4 Å². The van der Waals surface area contributed by atoms with Crippen molar-refractivity contribution >= 4 is 5.69 Å². The fraction of sp³-hybridized carbons (Fsp3) is 0.143. The molecule has 0 radical (unpaired) electrons. The molecule has 0 aromatic heterocycles. The van der Waals surface area contributed by atoms with Gasteiger partial charge in [0.1, 0.15) is 17.3 Å². The molecule has 0 heterocycles. The van der Waals surface area contributed by atoms with Gasteiger partial charge in [-0.2, -0.15) is 0 Å². The molecule has 3 nitrogen and oxygen atoms in total. The number of hydrogen-bond donors (Lipinski definition) is 1. The van der Waals surface area contributed by atoms with E-state index in [4.69, 9.17) is 15.2 Å². The molecular weight excluding hydrogens is 233 g/mol. The van der Waals surface area contributed by atoms with Gasteiger partial charge in [-0.25, -0.2) is 4.39 Å². The fourth-order valence-corrected chi connectivity index (χ4v) is 1.54. The minimum atomic E-state index is -0.263. The Bertz CT molecular complexity index is 570. The molecule has 2 rings (SSSR count). The highest BCUT2D eigenvalue weighted by Crippen LogP contribution is 2.31. The van der Waals surface area contributed by atoms with Crippen molar-refractivity contribution in [2.45, 2.75) is 6.92 Å². The smallest absolute Gasteiger partial charge is 0.153 e. The standard InChI is InChI=1S/C14H14FNO2/c1-9-7-11(3-5-12(9)15)18-14-8-10(17-2)4-6-13(14)16/h3-8H,16H2,1-2H3. The van der Waals surface area contributed by atoms with Gasteiger partial charge in [-0.15, -0.1) is 0 Å². The zero-order valence-corrected chi connectivity index (χ0v) is 10.2. The zero-order valence-electron chi connectivity index (χ0n) is 10.2. The van der Waals surface area contributed by atoms with Gasteiger partial charge in [0, 0.05) is 6.07 Å². The maximum atomic E-state index is 13.1. The third-order valence-corrected chi connectivity index (χ3v) is 2.58. The van der Waals surface area contributed by atoms with Crippen LogP contribution in [0, 0.1) is 12.7 Å². The highest BCUT2D eigenvalue weighted by molar-refractivity contribution is 5.57. The number of aryl methyl sites for hydroxylation is 1. The molecule has 0 aliphatic heterocycles. The van der Waals surface area contributed by atoms with E-state index < -0.39 is 0 Å². The monoisotopic (exact) mass is 247 g/mol. The first kappa shape index (κ1) is 12.2. The summed E-state index contributed by atoms with van der Waals surface area (Å²) in [6, 6.07) is 9.67. The molecule has 0 saturated heterocycles. The van der Waals surface area contributed by atoms with Crippen LogP contribution < -0.4 is 15.2 Å². The van der Waals surface area contributed by atoms with Crippen LogP contribution >= 0.6 is 0 Å². The third-order valence-electron chi connectivity index (χ3n) is 2.58. The maximum Gasteiger partial charge on any atom is 0.153 e. The van der Waals surface area contributed by atoms with Crippen LogP contribution in [-0.4, -0.2) is 7.11 Å². The Kier molecular flexibility index (Phi) is 3.37. The minimum absolute atomic E-state index is 0.263. The van der Waals surface area contributed by atoms with Gasteiger partial charge < -0.3 is 15.2 Å². The Labute approximate surface area is 105 Å². The SMILES string of the molecule is COc1ccc(N)c(Oc2ccc(F)c(C)c2)c1. The lowest BCUT2D eigenvalue weighted by Gasteiger charge is -2.10. The number of nitrogens with two attached hydrogens (primary N) is 1. The van der Waals surface area contributed by atoms with Crippen LogP contribution in [0.25, 0.3) is 0 Å². The highest BCUT2D eigenvalue weighted by Gasteiger charge is 2.06. The average molecular weight is 247 g/mol. The van der Waals surface area contributed by atoms with Crippen molar-refractivity contribution in [3.05, 3.63) is 47.8 Å². The predicted molar refractivity (Wildman–Crippen MR) is 68.6 cm³/mol. The summed E-state index contributed by atoms with van der Waals surface area (Å²) in [5.41, 5.74) is 6.83. The zero-order chi connectivity index (χ0) is 13.1. The van der Waals surface area contributed by atoms with Gasteiger partial charge >= 0.3 is 0 Å². The fourth-order valence-electron chi connectivity index (χ4n) is 1.54. The summed E-state index contributed by atoms with van der Waals surface area (Å²) in [5.74, 6) is 1.41. The lowest BCUT2D eigenvalue weighted by atomic mass is 10.2. The number of halogens is 1. The first-order valence-corrected chi connectivity index (χ1v) is 5.47. The molecule has 0 unspecified atom stereocenters. The molecule has 0 fully saturated rings. The number of benzene rings is 2. The Morgan fingerprint density at radius 1 is 1.06 bits per heavy atom. The molecular formula is C14H14FNO2. The molecule has 2 aromatic carbocycles. The van der Waals surface area contributed by atoms with Crippen molar-refractivity contribution < 1.29 is 13.9 Å². The van der Waals surface area contributed by atoms with Crippen molar-refractivity contribution in [1.82, 2.24) is 0 Å². The van der Waals surface area contributed by atoms with E-state index in [2.05, 4.69) is 0 Å².